The summed E-state index contributed by atoms with van der Waals surface area (Å²) in [5.74, 6) is 0. The highest BCUT2D eigenvalue weighted by Crippen LogP contribution is 2.64. The minimum Gasteiger partial charge on any atom is -0.310 e. The zero-order valence-corrected chi connectivity index (χ0v) is 44.7. The SMILES string of the molecule is CC(C)(C)c1cc(-c2ccccc2)c2c(c1)C(c1ccccc1)(c1ccccc1)c1cc(N(c3cc(-c4ccccc4)cc(-c4ccccc4)c3)c3ccc4c(c3)C3(c5ccccc5-c5ccccc53)c3ccccc3-4)ccc1-2. The molecule has 0 bridgehead atoms. The number of anilines is 3. The Bertz CT molecular complexity index is 4160. The molecule has 12 aromatic carbocycles. The lowest BCUT2D eigenvalue weighted by Gasteiger charge is -2.36. The van der Waals surface area contributed by atoms with E-state index in [0.29, 0.717) is 0 Å². The normalized spacial score (nSPS) is 13.7. The van der Waals surface area contributed by atoms with E-state index < -0.39 is 10.8 Å². The minimum atomic E-state index is -0.679. The van der Waals surface area contributed by atoms with Crippen molar-refractivity contribution in [2.75, 3.05) is 4.90 Å². The van der Waals surface area contributed by atoms with Gasteiger partial charge in [-0.25, -0.2) is 0 Å². The van der Waals surface area contributed by atoms with Gasteiger partial charge in [0.15, 0.2) is 0 Å². The third-order valence-corrected chi connectivity index (χ3v) is 17.5. The van der Waals surface area contributed by atoms with Crippen molar-refractivity contribution in [2.24, 2.45) is 0 Å². The number of benzene rings is 12. The smallest absolute Gasteiger partial charge is 0.0726 e. The molecule has 3 aliphatic rings. The zero-order chi connectivity index (χ0) is 52.9. The Balaban J connectivity index is 1.06. The van der Waals surface area contributed by atoms with Crippen molar-refractivity contribution in [3.8, 4) is 66.8 Å². The van der Waals surface area contributed by atoms with Crippen molar-refractivity contribution in [1.29, 1.82) is 0 Å². The van der Waals surface area contributed by atoms with Gasteiger partial charge in [0.1, 0.15) is 0 Å². The Kier molecular flexibility index (Phi) is 10.7. The van der Waals surface area contributed by atoms with Gasteiger partial charge in [0.25, 0.3) is 0 Å². The predicted octanol–water partition coefficient (Wildman–Crippen LogP) is 20.2. The number of rotatable bonds is 8. The Labute approximate surface area is 464 Å². The molecule has 0 aromatic heterocycles. The summed E-state index contributed by atoms with van der Waals surface area (Å²) >= 11 is 0. The maximum atomic E-state index is 2.56. The monoisotopic (exact) mass is 1010 g/mol. The van der Waals surface area contributed by atoms with Gasteiger partial charge < -0.3 is 4.90 Å². The van der Waals surface area contributed by atoms with E-state index in [2.05, 4.69) is 317 Å². The highest BCUT2D eigenvalue weighted by molar-refractivity contribution is 6.00. The van der Waals surface area contributed by atoms with Gasteiger partial charge in [-0.15, -0.1) is 0 Å². The van der Waals surface area contributed by atoms with Gasteiger partial charge in [0, 0.05) is 17.1 Å². The van der Waals surface area contributed by atoms with Crippen molar-refractivity contribution in [3.63, 3.8) is 0 Å². The fourth-order valence-corrected chi connectivity index (χ4v) is 14.0. The van der Waals surface area contributed by atoms with Crippen LogP contribution in [0.5, 0.6) is 0 Å². The molecule has 0 unspecified atom stereocenters. The molecule has 79 heavy (non-hydrogen) atoms. The van der Waals surface area contributed by atoms with Crippen LogP contribution in [0.25, 0.3) is 66.8 Å². The van der Waals surface area contributed by atoms with E-state index >= 15 is 0 Å². The molecular weight excluding hydrogens is 951 g/mol. The maximum Gasteiger partial charge on any atom is 0.0726 e. The molecule has 3 aliphatic carbocycles. The predicted molar refractivity (Wildman–Crippen MR) is 330 cm³/mol. The summed E-state index contributed by atoms with van der Waals surface area (Å²) in [6.45, 7) is 7.05. The summed E-state index contributed by atoms with van der Waals surface area (Å²) in [6.07, 6.45) is 0. The van der Waals surface area contributed by atoms with Gasteiger partial charge in [-0.05, 0) is 171 Å². The van der Waals surface area contributed by atoms with Gasteiger partial charge in [-0.2, -0.15) is 0 Å². The number of fused-ring (bicyclic) bond motifs is 13. The Morgan fingerprint density at radius 1 is 0.253 bits per heavy atom. The van der Waals surface area contributed by atoms with E-state index in [0.717, 1.165) is 28.2 Å². The van der Waals surface area contributed by atoms with E-state index in [1.54, 1.807) is 0 Å². The van der Waals surface area contributed by atoms with Crippen LogP contribution in [0.3, 0.4) is 0 Å². The minimum absolute atomic E-state index is 0.125. The largest absolute Gasteiger partial charge is 0.310 e. The van der Waals surface area contributed by atoms with Crippen LogP contribution in [0.2, 0.25) is 0 Å². The van der Waals surface area contributed by atoms with Gasteiger partial charge >= 0.3 is 0 Å². The van der Waals surface area contributed by atoms with Crippen molar-refractivity contribution < 1.29 is 0 Å². The van der Waals surface area contributed by atoms with Gasteiger partial charge in [0.2, 0.25) is 0 Å². The average molecular weight is 1010 g/mol. The van der Waals surface area contributed by atoms with E-state index in [1.807, 2.05) is 0 Å². The first-order valence-corrected chi connectivity index (χ1v) is 27.8. The summed E-state index contributed by atoms with van der Waals surface area (Å²) in [6, 6.07) is 110. The molecule has 15 rings (SSSR count). The molecule has 12 aromatic rings. The molecule has 0 saturated carbocycles. The summed E-state index contributed by atoms with van der Waals surface area (Å²) in [5, 5.41) is 0. The van der Waals surface area contributed by atoms with Gasteiger partial charge in [-0.1, -0.05) is 263 Å². The first kappa shape index (κ1) is 46.7. The summed E-state index contributed by atoms with van der Waals surface area (Å²) in [4.78, 5) is 2.56. The van der Waals surface area contributed by atoms with Crippen molar-refractivity contribution in [1.82, 2.24) is 0 Å². The molecule has 0 saturated heterocycles. The second-order valence-electron chi connectivity index (χ2n) is 22.7. The summed E-state index contributed by atoms with van der Waals surface area (Å²) < 4.78 is 0. The summed E-state index contributed by atoms with van der Waals surface area (Å²) in [5.41, 5.74) is 28.4. The topological polar surface area (TPSA) is 3.24 Å². The Morgan fingerprint density at radius 2 is 0.646 bits per heavy atom. The fourth-order valence-electron chi connectivity index (χ4n) is 14.0. The molecule has 1 nitrogen and oxygen atoms in total. The van der Waals surface area contributed by atoms with Gasteiger partial charge in [-0.3, -0.25) is 0 Å². The Morgan fingerprint density at radius 3 is 1.11 bits per heavy atom. The summed E-state index contributed by atoms with van der Waals surface area (Å²) in [7, 11) is 0. The molecule has 0 fully saturated rings. The molecule has 374 valence electrons. The maximum absolute atomic E-state index is 2.56. The lowest BCUT2D eigenvalue weighted by Crippen LogP contribution is -2.29. The van der Waals surface area contributed by atoms with Crippen LogP contribution < -0.4 is 4.90 Å². The molecule has 0 N–H and O–H groups in total. The second kappa shape index (κ2) is 18.0. The van der Waals surface area contributed by atoms with E-state index in [9.17, 15) is 0 Å². The molecular formula is C78H57N. The standard InChI is InChI=1S/C78H57N/c1-76(2,3)59-48-68(54-29-13-6-14-30-54)75-67-44-42-61(51-73(67)77(74(75)49-59,57-31-15-7-16-32-57)58-33-17-8-18-34-58)79(62-46-55(52-25-9-4-10-26-52)45-56(47-62)53-27-11-5-12-28-53)60-41-43-66-65-37-21-24-40-71(65)78(72(66)50-60)69-38-22-19-35-63(69)64-36-20-23-39-70(64)78/h4-51H,1-3H3. The van der Waals surface area contributed by atoms with Crippen LogP contribution in [-0.4, -0.2) is 0 Å². The van der Waals surface area contributed by atoms with E-state index in [4.69, 9.17) is 0 Å². The second-order valence-corrected chi connectivity index (χ2v) is 22.7. The highest BCUT2D eigenvalue weighted by Gasteiger charge is 2.52. The number of hydrogen-bond acceptors (Lipinski definition) is 1. The lowest BCUT2D eigenvalue weighted by molar-refractivity contribution is 0.588. The third kappa shape index (κ3) is 7.02. The molecule has 0 radical (unpaired) electrons. The first-order valence-electron chi connectivity index (χ1n) is 27.8. The lowest BCUT2D eigenvalue weighted by atomic mass is 9.66. The van der Waals surface area contributed by atoms with Crippen LogP contribution in [0.1, 0.15) is 70.8 Å². The molecule has 1 heteroatoms. The number of nitrogens with zero attached hydrogens (tertiary/aromatic N) is 1. The van der Waals surface area contributed by atoms with Crippen molar-refractivity contribution >= 4 is 17.1 Å². The third-order valence-electron chi connectivity index (χ3n) is 17.5. The van der Waals surface area contributed by atoms with Crippen molar-refractivity contribution in [2.45, 2.75) is 37.0 Å². The van der Waals surface area contributed by atoms with Crippen LogP contribution in [0, 0.1) is 0 Å². The molecule has 0 aliphatic heterocycles. The molecule has 1 spiro atoms. The van der Waals surface area contributed by atoms with Crippen LogP contribution in [0.15, 0.2) is 291 Å². The highest BCUT2D eigenvalue weighted by atomic mass is 15.1. The molecule has 0 atom stereocenters. The molecule has 0 amide bonds. The number of hydrogen-bond donors (Lipinski definition) is 0. The Hall–Kier alpha value is -9.56. The van der Waals surface area contributed by atoms with Crippen molar-refractivity contribution in [3.05, 3.63) is 341 Å². The fraction of sp³-hybridized carbons (Fsp3) is 0.0769. The van der Waals surface area contributed by atoms with Crippen LogP contribution >= 0.6 is 0 Å². The van der Waals surface area contributed by atoms with E-state index in [1.165, 1.54) is 106 Å². The molecule has 0 heterocycles. The van der Waals surface area contributed by atoms with Crippen LogP contribution in [0.4, 0.5) is 17.1 Å². The van der Waals surface area contributed by atoms with Crippen LogP contribution in [-0.2, 0) is 16.2 Å². The van der Waals surface area contributed by atoms with Gasteiger partial charge in [0.05, 0.1) is 10.8 Å². The first-order chi connectivity index (χ1) is 38.8. The zero-order valence-electron chi connectivity index (χ0n) is 44.7. The average Bonchev–Trinajstić information content (AvgIpc) is 3.35. The quantitative estimate of drug-likeness (QED) is 0.147. The van der Waals surface area contributed by atoms with E-state index in [-0.39, 0.29) is 5.41 Å².